The molecule has 0 atom stereocenters. The number of carbonyl (C=O) groups excluding carboxylic acids is 1. The molecule has 1 aromatic heterocycles. The van der Waals surface area contributed by atoms with Gasteiger partial charge in [0.1, 0.15) is 5.82 Å². The van der Waals surface area contributed by atoms with Gasteiger partial charge in [0, 0.05) is 24.9 Å². The van der Waals surface area contributed by atoms with Gasteiger partial charge in [-0.15, -0.1) is 0 Å². The van der Waals surface area contributed by atoms with E-state index in [4.69, 9.17) is 4.74 Å². The first-order valence-electron chi connectivity index (χ1n) is 5.43. The summed E-state index contributed by atoms with van der Waals surface area (Å²) in [4.78, 5) is 19.3. The molecule has 0 aliphatic rings. The van der Waals surface area contributed by atoms with Gasteiger partial charge in [-0.2, -0.15) is 0 Å². The third-order valence-electron chi connectivity index (χ3n) is 1.98. The predicted octanol–water partition coefficient (Wildman–Crippen LogP) is 1.02. The Hall–Kier alpha value is -1.69. The molecule has 6 nitrogen and oxygen atoms in total. The summed E-state index contributed by atoms with van der Waals surface area (Å²) in [6.07, 6.45) is 0. The summed E-state index contributed by atoms with van der Waals surface area (Å²) in [6.45, 7) is 5.63. The monoisotopic (exact) mass is 239 g/mol. The van der Waals surface area contributed by atoms with Crippen molar-refractivity contribution in [3.8, 4) is 0 Å². The van der Waals surface area contributed by atoms with Gasteiger partial charge in [-0.1, -0.05) is 0 Å². The molecule has 1 heterocycles. The van der Waals surface area contributed by atoms with E-state index in [1.165, 1.54) is 7.11 Å². The van der Waals surface area contributed by atoms with E-state index in [-0.39, 0.29) is 5.82 Å². The Morgan fingerprint density at radius 3 is 2.88 bits per heavy atom. The lowest BCUT2D eigenvalue weighted by molar-refractivity contribution is 0.0586. The molecule has 0 amide bonds. The van der Waals surface area contributed by atoms with Crippen LogP contribution >= 0.6 is 0 Å². The number of aromatic nitrogens is 2. The Morgan fingerprint density at radius 2 is 2.24 bits per heavy atom. The van der Waals surface area contributed by atoms with Crippen molar-refractivity contribution in [2.45, 2.75) is 13.8 Å². The molecule has 1 N–H and O–H groups in total. The Labute approximate surface area is 100 Å². The quantitative estimate of drug-likeness (QED) is 0.590. The molecule has 1 aromatic rings. The molecule has 0 saturated heterocycles. The standard InChI is InChI=1S/C11H17N3O3/c1-4-17-6-5-12-9-7-8(2)13-10(14-9)11(15)16-3/h7H,4-6H2,1-3H3,(H,12,13,14). The number of methoxy groups -OCH3 is 1. The molecular weight excluding hydrogens is 222 g/mol. The zero-order valence-electron chi connectivity index (χ0n) is 10.3. The Bertz CT molecular complexity index is 382. The second-order valence-corrected chi connectivity index (χ2v) is 3.33. The number of ether oxygens (including phenoxy) is 2. The number of nitrogens with one attached hydrogen (secondary N) is 1. The van der Waals surface area contributed by atoms with Gasteiger partial charge in [-0.25, -0.2) is 14.8 Å². The zero-order chi connectivity index (χ0) is 12.7. The average Bonchev–Trinajstić information content (AvgIpc) is 2.33. The zero-order valence-corrected chi connectivity index (χ0v) is 10.3. The molecule has 0 fully saturated rings. The SMILES string of the molecule is CCOCCNc1cc(C)nc(C(=O)OC)n1. The van der Waals surface area contributed by atoms with Crippen LogP contribution in [0, 0.1) is 6.92 Å². The molecule has 0 aliphatic heterocycles. The Balaban J connectivity index is 2.65. The highest BCUT2D eigenvalue weighted by Gasteiger charge is 2.10. The maximum Gasteiger partial charge on any atom is 0.376 e. The van der Waals surface area contributed by atoms with Crippen molar-refractivity contribution >= 4 is 11.8 Å². The molecule has 0 spiro atoms. The van der Waals surface area contributed by atoms with Crippen LogP contribution in [0.2, 0.25) is 0 Å². The predicted molar refractivity (Wildman–Crippen MR) is 63.1 cm³/mol. The second-order valence-electron chi connectivity index (χ2n) is 3.33. The van der Waals surface area contributed by atoms with Crippen molar-refractivity contribution in [1.29, 1.82) is 0 Å². The number of esters is 1. The minimum atomic E-state index is -0.540. The van der Waals surface area contributed by atoms with Crippen LogP contribution in [0.15, 0.2) is 6.07 Å². The molecule has 0 aromatic carbocycles. The highest BCUT2D eigenvalue weighted by atomic mass is 16.5. The topological polar surface area (TPSA) is 73.3 Å². The summed E-state index contributed by atoms with van der Waals surface area (Å²) < 4.78 is 9.76. The number of carbonyl (C=O) groups is 1. The molecular formula is C11H17N3O3. The molecule has 0 bridgehead atoms. The van der Waals surface area contributed by atoms with Crippen LogP contribution in [0.4, 0.5) is 5.82 Å². The fraction of sp³-hybridized carbons (Fsp3) is 0.545. The van der Waals surface area contributed by atoms with Crippen LogP contribution in [0.1, 0.15) is 23.2 Å². The van der Waals surface area contributed by atoms with Crippen LogP contribution in [0.3, 0.4) is 0 Å². The summed E-state index contributed by atoms with van der Waals surface area (Å²) in [6, 6.07) is 1.76. The fourth-order valence-corrected chi connectivity index (χ4v) is 1.24. The van der Waals surface area contributed by atoms with Crippen molar-refractivity contribution in [1.82, 2.24) is 9.97 Å². The average molecular weight is 239 g/mol. The molecule has 1 rings (SSSR count). The van der Waals surface area contributed by atoms with E-state index in [0.29, 0.717) is 31.3 Å². The largest absolute Gasteiger partial charge is 0.463 e. The molecule has 0 unspecified atom stereocenters. The number of hydrogen-bond acceptors (Lipinski definition) is 6. The van der Waals surface area contributed by atoms with Crippen molar-refractivity contribution in [2.75, 3.05) is 32.2 Å². The van der Waals surface area contributed by atoms with E-state index in [9.17, 15) is 4.79 Å². The van der Waals surface area contributed by atoms with E-state index in [0.717, 1.165) is 0 Å². The van der Waals surface area contributed by atoms with Crippen molar-refractivity contribution in [3.05, 3.63) is 17.6 Å². The first-order valence-corrected chi connectivity index (χ1v) is 5.43. The molecule has 6 heteroatoms. The number of hydrogen-bond donors (Lipinski definition) is 1. The fourth-order valence-electron chi connectivity index (χ4n) is 1.24. The lowest BCUT2D eigenvalue weighted by Crippen LogP contribution is -2.14. The van der Waals surface area contributed by atoms with E-state index in [2.05, 4.69) is 20.0 Å². The third-order valence-corrected chi connectivity index (χ3v) is 1.98. The van der Waals surface area contributed by atoms with E-state index in [1.54, 1.807) is 13.0 Å². The van der Waals surface area contributed by atoms with Crippen LogP contribution < -0.4 is 5.32 Å². The van der Waals surface area contributed by atoms with Gasteiger partial charge in [0.15, 0.2) is 0 Å². The maximum absolute atomic E-state index is 11.3. The maximum atomic E-state index is 11.3. The van der Waals surface area contributed by atoms with Crippen LogP contribution in [-0.4, -0.2) is 42.8 Å². The van der Waals surface area contributed by atoms with Gasteiger partial charge in [-0.05, 0) is 13.8 Å². The van der Waals surface area contributed by atoms with Gasteiger partial charge in [0.2, 0.25) is 5.82 Å². The minimum absolute atomic E-state index is 0.0615. The van der Waals surface area contributed by atoms with Crippen LogP contribution in [-0.2, 0) is 9.47 Å². The van der Waals surface area contributed by atoms with E-state index in [1.807, 2.05) is 6.92 Å². The normalized spacial score (nSPS) is 10.1. The van der Waals surface area contributed by atoms with Gasteiger partial charge in [0.25, 0.3) is 0 Å². The number of anilines is 1. The van der Waals surface area contributed by atoms with Gasteiger partial charge in [-0.3, -0.25) is 0 Å². The third kappa shape index (κ3) is 4.36. The van der Waals surface area contributed by atoms with Crippen molar-refractivity contribution in [3.63, 3.8) is 0 Å². The summed E-state index contributed by atoms with van der Waals surface area (Å²) in [5.41, 5.74) is 0.708. The van der Waals surface area contributed by atoms with Crippen LogP contribution in [0.5, 0.6) is 0 Å². The number of rotatable bonds is 6. The summed E-state index contributed by atoms with van der Waals surface area (Å²) in [7, 11) is 1.30. The van der Waals surface area contributed by atoms with Crippen LogP contribution in [0.25, 0.3) is 0 Å². The second kappa shape index (κ2) is 6.80. The highest BCUT2D eigenvalue weighted by molar-refractivity contribution is 5.85. The van der Waals surface area contributed by atoms with E-state index < -0.39 is 5.97 Å². The Kier molecular flexibility index (Phi) is 5.35. The molecule has 0 saturated carbocycles. The summed E-state index contributed by atoms with van der Waals surface area (Å²) in [5, 5.41) is 3.06. The van der Waals surface area contributed by atoms with Gasteiger partial charge in [0.05, 0.1) is 13.7 Å². The number of aryl methyl sites for hydroxylation is 1. The summed E-state index contributed by atoms with van der Waals surface area (Å²) in [5.74, 6) is 0.116. The molecule has 0 aliphatic carbocycles. The molecule has 94 valence electrons. The van der Waals surface area contributed by atoms with Gasteiger partial charge >= 0.3 is 5.97 Å². The minimum Gasteiger partial charge on any atom is -0.463 e. The lowest BCUT2D eigenvalue weighted by Gasteiger charge is -2.07. The van der Waals surface area contributed by atoms with Crippen molar-refractivity contribution in [2.24, 2.45) is 0 Å². The number of nitrogens with zero attached hydrogens (tertiary/aromatic N) is 2. The first kappa shape index (κ1) is 13.4. The summed E-state index contributed by atoms with van der Waals surface area (Å²) >= 11 is 0. The van der Waals surface area contributed by atoms with E-state index >= 15 is 0 Å². The first-order chi connectivity index (χ1) is 8.17. The highest BCUT2D eigenvalue weighted by Crippen LogP contribution is 2.06. The Morgan fingerprint density at radius 1 is 1.47 bits per heavy atom. The molecule has 17 heavy (non-hydrogen) atoms. The van der Waals surface area contributed by atoms with Gasteiger partial charge < -0.3 is 14.8 Å². The molecule has 0 radical (unpaired) electrons. The van der Waals surface area contributed by atoms with Crippen molar-refractivity contribution < 1.29 is 14.3 Å². The smallest absolute Gasteiger partial charge is 0.376 e. The lowest BCUT2D eigenvalue weighted by atomic mass is 10.4.